The summed E-state index contributed by atoms with van der Waals surface area (Å²) in [6.07, 6.45) is 1.63. The minimum Gasteiger partial charge on any atom is -0.506 e. The van der Waals surface area contributed by atoms with Crippen molar-refractivity contribution in [2.24, 2.45) is 0 Å². The summed E-state index contributed by atoms with van der Waals surface area (Å²) in [6.45, 7) is 0. The van der Waals surface area contributed by atoms with E-state index in [1.165, 1.54) is 0 Å². The number of nitrogens with zero attached hydrogens (tertiary/aromatic N) is 1. The summed E-state index contributed by atoms with van der Waals surface area (Å²) in [6, 6.07) is 10.3. The molecule has 0 amide bonds. The molecule has 100 valence electrons. The van der Waals surface area contributed by atoms with Gasteiger partial charge in [-0.25, -0.2) is 4.98 Å². The number of hydrogen-bond donors (Lipinski definition) is 2. The molecule has 0 aliphatic carbocycles. The molecule has 1 aromatic carbocycles. The summed E-state index contributed by atoms with van der Waals surface area (Å²) >= 11 is 7.00. The van der Waals surface area contributed by atoms with E-state index >= 15 is 0 Å². The Bertz CT molecular complexity index is 834. The smallest absolute Gasteiger partial charge is 0.266 e. The molecule has 3 rings (SSSR count). The van der Waals surface area contributed by atoms with E-state index in [-0.39, 0.29) is 16.2 Å². The van der Waals surface area contributed by atoms with Crippen LogP contribution in [0, 0.1) is 0 Å². The Morgan fingerprint density at radius 3 is 2.85 bits per heavy atom. The lowest BCUT2D eigenvalue weighted by atomic mass is 10.2. The van der Waals surface area contributed by atoms with Crippen molar-refractivity contribution in [1.82, 2.24) is 9.97 Å². The number of aromatic amines is 1. The molecule has 2 heterocycles. The molecule has 0 saturated heterocycles. The van der Waals surface area contributed by atoms with Crippen molar-refractivity contribution in [1.29, 1.82) is 0 Å². The van der Waals surface area contributed by atoms with Gasteiger partial charge in [-0.3, -0.25) is 4.79 Å². The molecule has 0 saturated carbocycles. The first-order valence-corrected chi connectivity index (χ1v) is 6.98. The van der Waals surface area contributed by atoms with Crippen LogP contribution in [0.2, 0.25) is 5.02 Å². The van der Waals surface area contributed by atoms with Gasteiger partial charge in [0.05, 0.1) is 5.52 Å². The van der Waals surface area contributed by atoms with Crippen LogP contribution in [0.5, 0.6) is 5.75 Å². The maximum absolute atomic E-state index is 12.1. The third kappa shape index (κ3) is 2.37. The number of rotatable bonds is 2. The standard InChI is InChI=1S/C14H9ClN2O2S/c15-8-4-5-9-10(7-8)17-14(19)13(12(9)18)20-11-3-1-2-6-16-11/h1-7H,(H2,17,18,19). The molecule has 4 nitrogen and oxygen atoms in total. The van der Waals surface area contributed by atoms with Crippen molar-refractivity contribution >= 4 is 34.3 Å². The Morgan fingerprint density at radius 2 is 2.10 bits per heavy atom. The molecular weight excluding hydrogens is 296 g/mol. The van der Waals surface area contributed by atoms with E-state index in [1.54, 1.807) is 36.5 Å². The zero-order valence-electron chi connectivity index (χ0n) is 10.1. The number of pyridine rings is 2. The van der Waals surface area contributed by atoms with Crippen LogP contribution < -0.4 is 5.56 Å². The van der Waals surface area contributed by atoms with Crippen molar-refractivity contribution in [3.8, 4) is 5.75 Å². The fourth-order valence-electron chi connectivity index (χ4n) is 1.84. The molecule has 0 atom stereocenters. The van der Waals surface area contributed by atoms with Gasteiger partial charge in [0.1, 0.15) is 15.7 Å². The average molecular weight is 305 g/mol. The highest BCUT2D eigenvalue weighted by atomic mass is 35.5. The van der Waals surface area contributed by atoms with Crippen LogP contribution >= 0.6 is 23.4 Å². The fraction of sp³-hybridized carbons (Fsp3) is 0. The molecule has 0 unspecified atom stereocenters. The van der Waals surface area contributed by atoms with E-state index in [0.29, 0.717) is 21.0 Å². The van der Waals surface area contributed by atoms with E-state index < -0.39 is 0 Å². The number of hydrogen-bond acceptors (Lipinski definition) is 4. The van der Waals surface area contributed by atoms with Gasteiger partial charge in [-0.2, -0.15) is 0 Å². The van der Waals surface area contributed by atoms with Crippen LogP contribution in [0.1, 0.15) is 0 Å². The number of benzene rings is 1. The SMILES string of the molecule is O=c1[nH]c2cc(Cl)ccc2c(O)c1Sc1ccccn1. The lowest BCUT2D eigenvalue weighted by Crippen LogP contribution is -2.08. The van der Waals surface area contributed by atoms with Gasteiger partial charge in [0, 0.05) is 16.6 Å². The summed E-state index contributed by atoms with van der Waals surface area (Å²) < 4.78 is 0. The summed E-state index contributed by atoms with van der Waals surface area (Å²) in [4.78, 5) is 19.1. The second-order valence-electron chi connectivity index (χ2n) is 4.09. The zero-order chi connectivity index (χ0) is 14.1. The van der Waals surface area contributed by atoms with Crippen LogP contribution in [-0.4, -0.2) is 15.1 Å². The highest BCUT2D eigenvalue weighted by molar-refractivity contribution is 7.99. The third-order valence-corrected chi connectivity index (χ3v) is 4.02. The van der Waals surface area contributed by atoms with Crippen LogP contribution in [0.15, 0.2) is 57.3 Å². The predicted octanol–water partition coefficient (Wildman–Crippen LogP) is 3.43. The molecule has 0 bridgehead atoms. The second-order valence-corrected chi connectivity index (χ2v) is 5.56. The summed E-state index contributed by atoms with van der Waals surface area (Å²) in [7, 11) is 0. The average Bonchev–Trinajstić information content (AvgIpc) is 2.44. The molecule has 20 heavy (non-hydrogen) atoms. The van der Waals surface area contributed by atoms with Gasteiger partial charge in [-0.05, 0) is 30.3 Å². The lowest BCUT2D eigenvalue weighted by Gasteiger charge is -2.06. The molecule has 0 spiro atoms. The Balaban J connectivity index is 2.16. The minimum atomic E-state index is -0.368. The van der Waals surface area contributed by atoms with Crippen molar-refractivity contribution in [2.45, 2.75) is 9.92 Å². The van der Waals surface area contributed by atoms with Crippen LogP contribution in [0.4, 0.5) is 0 Å². The highest BCUT2D eigenvalue weighted by Crippen LogP contribution is 2.35. The number of halogens is 1. The summed E-state index contributed by atoms with van der Waals surface area (Å²) in [5.41, 5.74) is 0.137. The largest absolute Gasteiger partial charge is 0.506 e. The van der Waals surface area contributed by atoms with Crippen molar-refractivity contribution in [2.75, 3.05) is 0 Å². The quantitative estimate of drug-likeness (QED) is 0.761. The minimum absolute atomic E-state index is 0.0592. The molecule has 0 aliphatic rings. The van der Waals surface area contributed by atoms with E-state index in [9.17, 15) is 9.90 Å². The van der Waals surface area contributed by atoms with Gasteiger partial charge in [0.15, 0.2) is 0 Å². The van der Waals surface area contributed by atoms with Gasteiger partial charge in [-0.15, -0.1) is 0 Å². The summed E-state index contributed by atoms with van der Waals surface area (Å²) in [5.74, 6) is -0.0592. The molecular formula is C14H9ClN2O2S. The van der Waals surface area contributed by atoms with Gasteiger partial charge in [0.25, 0.3) is 5.56 Å². The van der Waals surface area contributed by atoms with Crippen molar-refractivity contribution in [3.63, 3.8) is 0 Å². The van der Waals surface area contributed by atoms with Gasteiger partial charge in [-0.1, -0.05) is 29.4 Å². The molecule has 2 aromatic heterocycles. The number of aromatic hydroxyl groups is 1. The van der Waals surface area contributed by atoms with E-state index in [0.717, 1.165) is 11.8 Å². The van der Waals surface area contributed by atoms with Crippen LogP contribution in [-0.2, 0) is 0 Å². The monoisotopic (exact) mass is 304 g/mol. The van der Waals surface area contributed by atoms with Crippen LogP contribution in [0.25, 0.3) is 10.9 Å². The predicted molar refractivity (Wildman–Crippen MR) is 79.6 cm³/mol. The summed E-state index contributed by atoms with van der Waals surface area (Å²) in [5, 5.41) is 12.0. The van der Waals surface area contributed by atoms with Gasteiger partial charge in [0.2, 0.25) is 0 Å². The first-order chi connectivity index (χ1) is 9.65. The Kier molecular flexibility index (Phi) is 3.38. The molecule has 6 heteroatoms. The Hall–Kier alpha value is -1.98. The van der Waals surface area contributed by atoms with E-state index in [2.05, 4.69) is 9.97 Å². The Labute approximate surface area is 123 Å². The normalized spacial score (nSPS) is 10.8. The molecule has 0 radical (unpaired) electrons. The van der Waals surface area contributed by atoms with Gasteiger partial charge >= 0.3 is 0 Å². The molecule has 0 aliphatic heterocycles. The highest BCUT2D eigenvalue weighted by Gasteiger charge is 2.13. The third-order valence-electron chi connectivity index (χ3n) is 2.75. The lowest BCUT2D eigenvalue weighted by molar-refractivity contribution is 0.467. The van der Waals surface area contributed by atoms with E-state index in [4.69, 9.17) is 11.6 Å². The number of nitrogens with one attached hydrogen (secondary N) is 1. The van der Waals surface area contributed by atoms with Gasteiger partial charge < -0.3 is 10.1 Å². The fourth-order valence-corrected chi connectivity index (χ4v) is 2.83. The van der Waals surface area contributed by atoms with Crippen molar-refractivity contribution in [3.05, 3.63) is 58.0 Å². The zero-order valence-corrected chi connectivity index (χ0v) is 11.7. The Morgan fingerprint density at radius 1 is 1.25 bits per heavy atom. The number of H-pyrrole nitrogens is 1. The van der Waals surface area contributed by atoms with Crippen molar-refractivity contribution < 1.29 is 5.11 Å². The topological polar surface area (TPSA) is 66.0 Å². The second kappa shape index (κ2) is 5.19. The molecule has 0 fully saturated rings. The van der Waals surface area contributed by atoms with E-state index in [1.807, 2.05) is 6.07 Å². The molecule has 2 N–H and O–H groups in total. The number of fused-ring (bicyclic) bond motifs is 1. The maximum Gasteiger partial charge on any atom is 0.266 e. The number of aromatic nitrogens is 2. The van der Waals surface area contributed by atoms with Crippen LogP contribution in [0.3, 0.4) is 0 Å². The first kappa shape index (κ1) is 13.0. The first-order valence-electron chi connectivity index (χ1n) is 5.78. The molecule has 3 aromatic rings. The maximum atomic E-state index is 12.1.